The lowest BCUT2D eigenvalue weighted by Crippen LogP contribution is -2.43. The molecule has 0 aliphatic carbocycles. The molecule has 0 aromatic carbocycles. The zero-order valence-corrected chi connectivity index (χ0v) is 41.4. The first-order valence-electron chi connectivity index (χ1n) is 24.6. The Kier molecular flexibility index (Phi) is 41.7. The molecule has 14 heteroatoms. The summed E-state index contributed by atoms with van der Waals surface area (Å²) in [6.07, 6.45) is 41.4. The topological polar surface area (TPSA) is 175 Å². The van der Waals surface area contributed by atoms with Crippen molar-refractivity contribution < 1.29 is 52.3 Å². The van der Waals surface area contributed by atoms with Crippen LogP contribution in [0.2, 0.25) is 0 Å². The van der Waals surface area contributed by atoms with Crippen molar-refractivity contribution in [3.8, 4) is 0 Å². The van der Waals surface area contributed by atoms with E-state index in [2.05, 4.69) is 31.3 Å². The Morgan fingerprint density at radius 3 is 1.44 bits per heavy atom. The fourth-order valence-electron chi connectivity index (χ4n) is 6.95. The minimum absolute atomic E-state index is 0.116. The molecule has 364 valence electrons. The minimum Gasteiger partial charge on any atom is -0.480 e. The molecule has 0 bridgehead atoms. The van der Waals surface area contributed by atoms with Gasteiger partial charge in [-0.15, -0.1) is 0 Å². The van der Waals surface area contributed by atoms with Gasteiger partial charge in [0.25, 0.3) is 0 Å². The van der Waals surface area contributed by atoms with E-state index >= 15 is 0 Å². The summed E-state index contributed by atoms with van der Waals surface area (Å²) in [4.78, 5) is 59.7. The standard InChI is InChI=1S/C48H90NO11PS/c1-5-7-9-11-13-15-17-19-21-23-25-27-29-31-33-37-46(51)57-40-43(41-58-61(55,56)59-42-44(48(53)54)49-45(50)36-35-39-62(3)4)60-47(52)38-34-32-30-28-26-24-22-20-18-16-14-12-10-8-6-2/h20,22,43-44H,5-19,21,23-42H2,1-4H3,(H2-,49,50,53,54,55,56)/p+1/b22-20+/t43-,44?/m1/s1. The van der Waals surface area contributed by atoms with Crippen LogP contribution in [0.4, 0.5) is 0 Å². The number of allylic oxidation sites excluding steroid dienone is 2. The molecule has 12 nitrogen and oxygen atoms in total. The van der Waals surface area contributed by atoms with Crippen LogP contribution in [0.3, 0.4) is 0 Å². The smallest absolute Gasteiger partial charge is 0.472 e. The van der Waals surface area contributed by atoms with E-state index in [0.29, 0.717) is 19.3 Å². The first-order chi connectivity index (χ1) is 29.9. The average Bonchev–Trinajstić information content (AvgIpc) is 3.23. The third-order valence-electron chi connectivity index (χ3n) is 10.8. The van der Waals surface area contributed by atoms with Gasteiger partial charge in [0.1, 0.15) is 12.4 Å². The van der Waals surface area contributed by atoms with E-state index in [4.69, 9.17) is 18.5 Å². The monoisotopic (exact) mass is 921 g/mol. The molecule has 0 spiro atoms. The van der Waals surface area contributed by atoms with Gasteiger partial charge >= 0.3 is 25.7 Å². The summed E-state index contributed by atoms with van der Waals surface area (Å²) < 4.78 is 33.7. The summed E-state index contributed by atoms with van der Waals surface area (Å²) in [5, 5.41) is 11.9. The van der Waals surface area contributed by atoms with E-state index in [-0.39, 0.29) is 36.8 Å². The van der Waals surface area contributed by atoms with Crippen LogP contribution in [0.1, 0.15) is 219 Å². The summed E-state index contributed by atoms with van der Waals surface area (Å²) in [6.45, 7) is 2.66. The number of esters is 2. The molecule has 62 heavy (non-hydrogen) atoms. The van der Waals surface area contributed by atoms with Crippen LogP contribution < -0.4 is 5.32 Å². The summed E-state index contributed by atoms with van der Waals surface area (Å²) >= 11 is 0. The van der Waals surface area contributed by atoms with Crippen molar-refractivity contribution >= 4 is 42.5 Å². The highest BCUT2D eigenvalue weighted by molar-refractivity contribution is 7.95. The molecule has 3 N–H and O–H groups in total. The first kappa shape index (κ1) is 60.1. The largest absolute Gasteiger partial charge is 0.480 e. The Morgan fingerprint density at radius 1 is 0.565 bits per heavy atom. The van der Waals surface area contributed by atoms with E-state index in [1.807, 2.05) is 12.5 Å². The van der Waals surface area contributed by atoms with Crippen molar-refractivity contribution in [1.82, 2.24) is 5.32 Å². The number of phosphoric acid groups is 1. The van der Waals surface area contributed by atoms with Gasteiger partial charge in [0.05, 0.1) is 25.7 Å². The molecule has 2 unspecified atom stereocenters. The van der Waals surface area contributed by atoms with Crippen LogP contribution in [0.25, 0.3) is 0 Å². The first-order valence-corrected chi connectivity index (χ1v) is 28.3. The number of unbranched alkanes of at least 4 members (excludes halogenated alkanes) is 25. The predicted molar refractivity (Wildman–Crippen MR) is 254 cm³/mol. The van der Waals surface area contributed by atoms with Gasteiger partial charge in [-0.2, -0.15) is 0 Å². The molecule has 0 rings (SSSR count). The molecule has 0 radical (unpaired) electrons. The number of ether oxygens (including phenoxy) is 2. The molecule has 0 saturated carbocycles. The molecule has 0 saturated heterocycles. The number of amides is 1. The number of hydrogen-bond donors (Lipinski definition) is 3. The summed E-state index contributed by atoms with van der Waals surface area (Å²) in [5.74, 6) is -2.14. The maximum absolute atomic E-state index is 12.8. The van der Waals surface area contributed by atoms with Gasteiger partial charge in [0.15, 0.2) is 12.1 Å². The van der Waals surface area contributed by atoms with E-state index in [1.54, 1.807) is 0 Å². The fourth-order valence-corrected chi connectivity index (χ4v) is 8.43. The molecule has 3 atom stereocenters. The van der Waals surface area contributed by atoms with Gasteiger partial charge in [-0.25, -0.2) is 9.36 Å². The number of carboxylic acid groups (broad SMARTS) is 1. The molecule has 0 aromatic rings. The van der Waals surface area contributed by atoms with Crippen LogP contribution in [-0.2, 0) is 53.2 Å². The normalized spacial score (nSPS) is 13.6. The van der Waals surface area contributed by atoms with Gasteiger partial charge in [-0.1, -0.05) is 167 Å². The summed E-state index contributed by atoms with van der Waals surface area (Å²) in [6, 6.07) is -1.58. The third kappa shape index (κ3) is 42.1. The fraction of sp³-hybridized carbons (Fsp3) is 0.875. The van der Waals surface area contributed by atoms with Gasteiger partial charge in [0.2, 0.25) is 5.91 Å². The highest BCUT2D eigenvalue weighted by Crippen LogP contribution is 2.43. The van der Waals surface area contributed by atoms with Crippen molar-refractivity contribution in [3.05, 3.63) is 12.2 Å². The lowest BCUT2D eigenvalue weighted by Gasteiger charge is -2.21. The molecule has 1 amide bonds. The second-order valence-corrected chi connectivity index (χ2v) is 21.0. The maximum Gasteiger partial charge on any atom is 0.472 e. The lowest BCUT2D eigenvalue weighted by atomic mass is 10.0. The average molecular weight is 921 g/mol. The van der Waals surface area contributed by atoms with Crippen molar-refractivity contribution in [2.24, 2.45) is 0 Å². The number of phosphoric ester groups is 1. The van der Waals surface area contributed by atoms with Gasteiger partial charge in [-0.05, 0) is 49.4 Å². The molecule has 0 heterocycles. The van der Waals surface area contributed by atoms with Crippen molar-refractivity contribution in [2.45, 2.75) is 231 Å². The Balaban J connectivity index is 4.75. The quantitative estimate of drug-likeness (QED) is 0.0174. The number of carboxylic acids is 1. The number of aliphatic carboxylic acids is 1. The third-order valence-corrected chi connectivity index (χ3v) is 12.8. The minimum atomic E-state index is -4.86. The SMILES string of the molecule is CCCCCCCC/C=C/CCCCCCCC(=O)O[C@H](COC(=O)CCCCCCCCCCCCCCCCC)COP(=O)(O)OCC(NC(=O)CCC[S+](C)C)C(=O)O. The number of hydrogen-bond acceptors (Lipinski definition) is 9. The predicted octanol–water partition coefficient (Wildman–Crippen LogP) is 12.1. The zero-order valence-electron chi connectivity index (χ0n) is 39.7. The van der Waals surface area contributed by atoms with Crippen LogP contribution in [0, 0.1) is 0 Å². The van der Waals surface area contributed by atoms with E-state index in [0.717, 1.165) is 63.5 Å². The molecule has 0 aromatic heterocycles. The van der Waals surface area contributed by atoms with Crippen LogP contribution >= 0.6 is 7.82 Å². The van der Waals surface area contributed by atoms with E-state index in [9.17, 15) is 33.7 Å². The summed E-state index contributed by atoms with van der Waals surface area (Å²) in [5.41, 5.74) is 0. The van der Waals surface area contributed by atoms with E-state index < -0.39 is 57.0 Å². The highest BCUT2D eigenvalue weighted by Gasteiger charge is 2.30. The molecule has 0 aliphatic heterocycles. The zero-order chi connectivity index (χ0) is 45.9. The Bertz CT molecular complexity index is 1190. The number of carbonyl (C=O) groups is 4. The Morgan fingerprint density at radius 2 is 0.984 bits per heavy atom. The Hall–Kier alpha value is -1.92. The van der Waals surface area contributed by atoms with Crippen molar-refractivity contribution in [2.75, 3.05) is 38.1 Å². The highest BCUT2D eigenvalue weighted by atomic mass is 32.2. The molecular weight excluding hydrogens is 830 g/mol. The van der Waals surface area contributed by atoms with Crippen molar-refractivity contribution in [1.29, 1.82) is 0 Å². The van der Waals surface area contributed by atoms with Gasteiger partial charge in [-0.3, -0.25) is 23.4 Å². The summed E-state index contributed by atoms with van der Waals surface area (Å²) in [7, 11) is -4.72. The van der Waals surface area contributed by atoms with Crippen LogP contribution in [0.15, 0.2) is 12.2 Å². The van der Waals surface area contributed by atoms with Crippen LogP contribution in [-0.4, -0.2) is 84.0 Å². The van der Waals surface area contributed by atoms with Gasteiger partial charge < -0.3 is 24.8 Å². The number of carbonyl (C=O) groups excluding carboxylic acids is 3. The van der Waals surface area contributed by atoms with Gasteiger partial charge in [0, 0.05) is 25.7 Å². The number of rotatable bonds is 46. The second-order valence-electron chi connectivity index (χ2n) is 17.1. The lowest BCUT2D eigenvalue weighted by molar-refractivity contribution is -0.161. The van der Waals surface area contributed by atoms with E-state index in [1.165, 1.54) is 109 Å². The molecular formula is C48H91NO11PS+. The Labute approximate surface area is 380 Å². The maximum atomic E-state index is 12.8. The second kappa shape index (κ2) is 43.0. The van der Waals surface area contributed by atoms with Crippen molar-refractivity contribution in [3.63, 3.8) is 0 Å². The van der Waals surface area contributed by atoms with Crippen LogP contribution in [0.5, 0.6) is 0 Å². The molecule has 0 fully saturated rings. The molecule has 0 aliphatic rings. The number of nitrogens with one attached hydrogen (secondary N) is 1.